The number of nitrogens with two attached hydrogens (primary N) is 1. The van der Waals surface area contributed by atoms with E-state index in [1.165, 1.54) is 6.26 Å². The van der Waals surface area contributed by atoms with E-state index < -0.39 is 9.84 Å². The number of sulfone groups is 1. The molecule has 0 heterocycles. The average Bonchev–Trinajstić information content (AvgIpc) is 2.40. The number of rotatable bonds is 4. The molecule has 1 aliphatic carbocycles. The monoisotopic (exact) mass is 330 g/mol. The smallest absolute Gasteiger partial charge is 0.150 e. The summed E-state index contributed by atoms with van der Waals surface area (Å²) in [6, 6.07) is 4.92. The molecule has 0 spiro atoms. The number of nitrogens with one attached hydrogen (secondary N) is 1. The van der Waals surface area contributed by atoms with Crippen LogP contribution in [0.5, 0.6) is 5.75 Å². The molecule has 21 heavy (non-hydrogen) atoms. The second-order valence-corrected chi connectivity index (χ2v) is 8.15. The van der Waals surface area contributed by atoms with Gasteiger partial charge < -0.3 is 10.5 Å². The minimum absolute atomic E-state index is 0.0572. The fourth-order valence-electron chi connectivity index (χ4n) is 2.54. The summed E-state index contributed by atoms with van der Waals surface area (Å²) in [5.41, 5.74) is 5.93. The Morgan fingerprint density at radius 3 is 2.71 bits per heavy atom. The molecule has 0 amide bonds. The third-order valence-electron chi connectivity index (χ3n) is 3.72. The summed E-state index contributed by atoms with van der Waals surface area (Å²) in [4.78, 5) is 0. The van der Waals surface area contributed by atoms with Crippen molar-refractivity contribution in [1.29, 1.82) is 5.41 Å². The second-order valence-electron chi connectivity index (χ2n) is 5.42. The molecule has 0 aliphatic heterocycles. The van der Waals surface area contributed by atoms with E-state index in [9.17, 15) is 8.42 Å². The van der Waals surface area contributed by atoms with Gasteiger partial charge in [0.05, 0.1) is 10.3 Å². The molecular formula is C14H19ClN2O3S. The van der Waals surface area contributed by atoms with Crippen LogP contribution in [0.4, 0.5) is 0 Å². The molecule has 2 unspecified atom stereocenters. The highest BCUT2D eigenvalue weighted by Gasteiger charge is 2.30. The Morgan fingerprint density at radius 2 is 2.14 bits per heavy atom. The molecule has 0 radical (unpaired) electrons. The quantitative estimate of drug-likeness (QED) is 0.654. The van der Waals surface area contributed by atoms with E-state index in [1.807, 2.05) is 0 Å². The number of nitrogen functional groups attached to an aromatic ring is 1. The second kappa shape index (κ2) is 6.23. The van der Waals surface area contributed by atoms with E-state index in [4.69, 9.17) is 27.5 Å². The fraction of sp³-hybridized carbons (Fsp3) is 0.500. The Labute approximate surface area is 129 Å². The van der Waals surface area contributed by atoms with Gasteiger partial charge in [0.2, 0.25) is 0 Å². The third-order valence-corrected chi connectivity index (χ3v) is 5.65. The fourth-order valence-corrected chi connectivity index (χ4v) is 3.93. The van der Waals surface area contributed by atoms with Crippen LogP contribution in [0.1, 0.15) is 31.2 Å². The molecule has 0 aromatic heterocycles. The van der Waals surface area contributed by atoms with Gasteiger partial charge >= 0.3 is 0 Å². The number of hydrogen-bond donors (Lipinski definition) is 2. The van der Waals surface area contributed by atoms with Crippen molar-refractivity contribution < 1.29 is 13.2 Å². The highest BCUT2D eigenvalue weighted by atomic mass is 35.5. The van der Waals surface area contributed by atoms with Crippen LogP contribution < -0.4 is 10.5 Å². The molecule has 116 valence electrons. The van der Waals surface area contributed by atoms with Crippen LogP contribution in [0.25, 0.3) is 0 Å². The molecule has 0 saturated heterocycles. The van der Waals surface area contributed by atoms with Crippen LogP contribution in [-0.4, -0.2) is 31.9 Å². The Kier molecular flexibility index (Phi) is 4.78. The van der Waals surface area contributed by atoms with Crippen LogP contribution in [0.2, 0.25) is 5.02 Å². The number of hydrogen-bond acceptors (Lipinski definition) is 4. The maximum atomic E-state index is 11.7. The Morgan fingerprint density at radius 1 is 1.43 bits per heavy atom. The van der Waals surface area contributed by atoms with Crippen LogP contribution in [0.3, 0.4) is 0 Å². The molecule has 1 aromatic carbocycles. The van der Waals surface area contributed by atoms with Crippen molar-refractivity contribution in [3.8, 4) is 5.75 Å². The molecule has 5 nitrogen and oxygen atoms in total. The highest BCUT2D eigenvalue weighted by molar-refractivity contribution is 7.91. The van der Waals surface area contributed by atoms with Gasteiger partial charge in [0.25, 0.3) is 0 Å². The summed E-state index contributed by atoms with van der Waals surface area (Å²) in [6.45, 7) is 0. The van der Waals surface area contributed by atoms with Crippen LogP contribution in [0.15, 0.2) is 18.2 Å². The van der Waals surface area contributed by atoms with Crippen molar-refractivity contribution in [1.82, 2.24) is 0 Å². The lowest BCUT2D eigenvalue weighted by Gasteiger charge is -2.28. The van der Waals surface area contributed by atoms with E-state index in [2.05, 4.69) is 0 Å². The number of benzene rings is 1. The molecule has 7 heteroatoms. The van der Waals surface area contributed by atoms with Crippen molar-refractivity contribution >= 4 is 27.3 Å². The van der Waals surface area contributed by atoms with Crippen LogP contribution in [0, 0.1) is 5.41 Å². The summed E-state index contributed by atoms with van der Waals surface area (Å²) in [5, 5.41) is 7.40. The topological polar surface area (TPSA) is 93.2 Å². The largest absolute Gasteiger partial charge is 0.489 e. The Bertz CT molecular complexity index is 646. The van der Waals surface area contributed by atoms with Crippen LogP contribution >= 0.6 is 11.6 Å². The van der Waals surface area contributed by atoms with Gasteiger partial charge in [0.1, 0.15) is 27.5 Å². The van der Waals surface area contributed by atoms with Gasteiger partial charge in [-0.25, -0.2) is 8.42 Å². The van der Waals surface area contributed by atoms with Crippen molar-refractivity contribution in [3.63, 3.8) is 0 Å². The first-order valence-corrected chi connectivity index (χ1v) is 9.10. The first-order valence-electron chi connectivity index (χ1n) is 6.77. The summed E-state index contributed by atoms with van der Waals surface area (Å²) in [5.74, 6) is 0.444. The Hall–Kier alpha value is -1.27. The molecular weight excluding hydrogens is 312 g/mol. The van der Waals surface area contributed by atoms with Gasteiger partial charge in [-0.05, 0) is 37.5 Å². The van der Waals surface area contributed by atoms with E-state index in [0.717, 1.165) is 12.8 Å². The zero-order valence-corrected chi connectivity index (χ0v) is 13.4. The highest BCUT2D eigenvalue weighted by Crippen LogP contribution is 2.31. The van der Waals surface area contributed by atoms with Gasteiger partial charge in [0, 0.05) is 18.2 Å². The first-order chi connectivity index (χ1) is 9.77. The maximum absolute atomic E-state index is 11.7. The van der Waals surface area contributed by atoms with Crippen molar-refractivity contribution in [3.05, 3.63) is 28.8 Å². The van der Waals surface area contributed by atoms with E-state index in [0.29, 0.717) is 29.2 Å². The van der Waals surface area contributed by atoms with Crippen molar-refractivity contribution in [2.75, 3.05) is 6.26 Å². The minimum Gasteiger partial charge on any atom is -0.489 e. The molecule has 1 aromatic rings. The standard InChI is InChI=1S/C14H19ClN2O3S/c1-21(18,19)11-4-2-3-10(8-11)20-13-6-5-9(14(16)17)7-12(13)15/h5-7,10-11H,2-4,8H2,1H3,(H3,16,17). The summed E-state index contributed by atoms with van der Waals surface area (Å²) < 4.78 is 29.1. The zero-order valence-electron chi connectivity index (χ0n) is 11.8. The lowest BCUT2D eigenvalue weighted by Crippen LogP contribution is -2.33. The number of amidine groups is 1. The average molecular weight is 331 g/mol. The molecule has 1 saturated carbocycles. The normalized spacial score (nSPS) is 22.8. The predicted octanol–water partition coefficient (Wildman–Crippen LogP) is 2.36. The Balaban J connectivity index is 2.09. The zero-order chi connectivity index (χ0) is 15.6. The minimum atomic E-state index is -3.04. The predicted molar refractivity (Wildman–Crippen MR) is 84.0 cm³/mol. The van der Waals surface area contributed by atoms with Crippen molar-refractivity contribution in [2.45, 2.75) is 37.0 Å². The van der Waals surface area contributed by atoms with E-state index >= 15 is 0 Å². The first kappa shape index (κ1) is 16.1. The summed E-state index contributed by atoms with van der Waals surface area (Å²) in [7, 11) is -3.04. The lowest BCUT2D eigenvalue weighted by molar-refractivity contribution is 0.156. The molecule has 2 rings (SSSR count). The van der Waals surface area contributed by atoms with Gasteiger partial charge in [-0.15, -0.1) is 0 Å². The summed E-state index contributed by atoms with van der Waals surface area (Å²) >= 11 is 6.12. The lowest BCUT2D eigenvalue weighted by atomic mass is 9.97. The van der Waals surface area contributed by atoms with Crippen LogP contribution in [-0.2, 0) is 9.84 Å². The van der Waals surface area contributed by atoms with Crippen molar-refractivity contribution in [2.24, 2.45) is 5.73 Å². The SMILES string of the molecule is CS(=O)(=O)C1CCCC(Oc2ccc(C(=N)N)cc2Cl)C1. The molecule has 1 aliphatic rings. The molecule has 1 fully saturated rings. The number of ether oxygens (including phenoxy) is 1. The maximum Gasteiger partial charge on any atom is 0.150 e. The molecule has 3 N–H and O–H groups in total. The van der Waals surface area contributed by atoms with E-state index in [1.54, 1.807) is 18.2 Å². The molecule has 2 atom stereocenters. The van der Waals surface area contributed by atoms with Gasteiger partial charge in [-0.2, -0.15) is 0 Å². The van der Waals surface area contributed by atoms with Gasteiger partial charge in [-0.1, -0.05) is 11.6 Å². The van der Waals surface area contributed by atoms with E-state index in [-0.39, 0.29) is 17.2 Å². The molecule has 0 bridgehead atoms. The van der Waals surface area contributed by atoms with Gasteiger partial charge in [0.15, 0.2) is 0 Å². The number of halogens is 1. The summed E-state index contributed by atoms with van der Waals surface area (Å²) in [6.07, 6.45) is 3.94. The van der Waals surface area contributed by atoms with Gasteiger partial charge in [-0.3, -0.25) is 5.41 Å². The third kappa shape index (κ3) is 4.11.